The van der Waals surface area contributed by atoms with Gasteiger partial charge in [-0.2, -0.15) is 0 Å². The van der Waals surface area contributed by atoms with Crippen LogP contribution in [0, 0.1) is 5.41 Å². The number of amides is 1. The minimum Gasteiger partial charge on any atom is -0.493 e. The lowest BCUT2D eigenvalue weighted by atomic mass is 9.90. The average molecular weight is 465 g/mol. The van der Waals surface area contributed by atoms with Gasteiger partial charge in [-0.3, -0.25) is 4.79 Å². The van der Waals surface area contributed by atoms with Crippen LogP contribution < -0.4 is 14.4 Å². The summed E-state index contributed by atoms with van der Waals surface area (Å²) in [4.78, 5) is 17.8. The molecule has 0 aromatic heterocycles. The lowest BCUT2D eigenvalue weighted by Crippen LogP contribution is -2.56. The molecule has 2 aromatic rings. The summed E-state index contributed by atoms with van der Waals surface area (Å²) in [5, 5.41) is 0. The molecule has 1 atom stereocenters. The second-order valence-electron chi connectivity index (χ2n) is 11.0. The Bertz CT molecular complexity index is 948. The largest absolute Gasteiger partial charge is 0.493 e. The minimum absolute atomic E-state index is 0.0199. The molecule has 0 radical (unpaired) electrons. The van der Waals surface area contributed by atoms with E-state index >= 15 is 0 Å². The third-order valence-corrected chi connectivity index (χ3v) is 6.91. The fraction of sp³-hybridized carbons (Fsp3) is 0.552. The van der Waals surface area contributed by atoms with Crippen molar-refractivity contribution in [1.82, 2.24) is 4.90 Å². The van der Waals surface area contributed by atoms with Crippen molar-refractivity contribution in [3.8, 4) is 11.5 Å². The van der Waals surface area contributed by atoms with Gasteiger partial charge in [0.15, 0.2) is 11.5 Å². The van der Waals surface area contributed by atoms with Crippen LogP contribution in [0.4, 0.5) is 5.69 Å². The molecule has 5 heteroatoms. The molecule has 2 aromatic carbocycles. The van der Waals surface area contributed by atoms with E-state index in [1.54, 1.807) is 7.11 Å². The van der Waals surface area contributed by atoms with E-state index < -0.39 is 0 Å². The summed E-state index contributed by atoms with van der Waals surface area (Å²) in [7, 11) is 1.70. The summed E-state index contributed by atoms with van der Waals surface area (Å²) >= 11 is 0. The van der Waals surface area contributed by atoms with Gasteiger partial charge in [-0.15, -0.1) is 0 Å². The van der Waals surface area contributed by atoms with Crippen molar-refractivity contribution >= 4 is 11.6 Å². The highest BCUT2D eigenvalue weighted by Gasteiger charge is 2.33. The maximum atomic E-state index is 13.3. The molecule has 0 N–H and O–H groups in total. The first-order valence-corrected chi connectivity index (χ1v) is 12.8. The van der Waals surface area contributed by atoms with Crippen LogP contribution in [0.5, 0.6) is 11.5 Å². The van der Waals surface area contributed by atoms with Gasteiger partial charge in [0.2, 0.25) is 5.91 Å². The van der Waals surface area contributed by atoms with Crippen molar-refractivity contribution in [2.45, 2.75) is 71.4 Å². The van der Waals surface area contributed by atoms with Gasteiger partial charge in [0.1, 0.15) is 0 Å². The monoisotopic (exact) mass is 464 g/mol. The number of rotatable bonds is 7. The minimum atomic E-state index is -0.0199. The highest BCUT2D eigenvalue weighted by Crippen LogP contribution is 2.36. The molecular weight excluding hydrogens is 424 g/mol. The van der Waals surface area contributed by atoms with E-state index in [9.17, 15) is 4.79 Å². The SMILES string of the molecule is COc1ccc(N2CCN(C(=O)CC(C)(C)C)C(Cc3ccccc3)C2)cc1OC1CCCC1. The molecule has 1 unspecified atom stereocenters. The number of ether oxygens (including phenoxy) is 2. The lowest BCUT2D eigenvalue weighted by molar-refractivity contribution is -0.135. The molecule has 1 aliphatic carbocycles. The van der Waals surface area contributed by atoms with Gasteiger partial charge in [0.25, 0.3) is 0 Å². The number of hydrogen-bond donors (Lipinski definition) is 0. The fourth-order valence-electron chi connectivity index (χ4n) is 5.17. The highest BCUT2D eigenvalue weighted by atomic mass is 16.5. The summed E-state index contributed by atoms with van der Waals surface area (Å²) in [6.07, 6.45) is 6.40. The predicted octanol–water partition coefficient (Wildman–Crippen LogP) is 5.71. The lowest BCUT2D eigenvalue weighted by Gasteiger charge is -2.43. The Labute approximate surface area is 205 Å². The molecule has 5 nitrogen and oxygen atoms in total. The van der Waals surface area contributed by atoms with Gasteiger partial charge in [-0.25, -0.2) is 0 Å². The fourth-order valence-corrected chi connectivity index (χ4v) is 5.17. The van der Waals surface area contributed by atoms with Crippen LogP contribution in [-0.4, -0.2) is 49.7 Å². The van der Waals surface area contributed by atoms with E-state index in [-0.39, 0.29) is 23.5 Å². The molecule has 184 valence electrons. The normalized spacial score (nSPS) is 19.4. The number of methoxy groups -OCH3 is 1. The Kier molecular flexibility index (Phi) is 7.70. The van der Waals surface area contributed by atoms with Crippen LogP contribution in [0.25, 0.3) is 0 Å². The van der Waals surface area contributed by atoms with Crippen molar-refractivity contribution in [2.24, 2.45) is 5.41 Å². The highest BCUT2D eigenvalue weighted by molar-refractivity contribution is 5.77. The molecule has 1 aliphatic heterocycles. The van der Waals surface area contributed by atoms with Gasteiger partial charge < -0.3 is 19.3 Å². The summed E-state index contributed by atoms with van der Waals surface area (Å²) in [5.41, 5.74) is 2.38. The first-order chi connectivity index (χ1) is 16.3. The third-order valence-electron chi connectivity index (χ3n) is 6.91. The van der Waals surface area contributed by atoms with Crippen molar-refractivity contribution in [2.75, 3.05) is 31.6 Å². The molecule has 4 rings (SSSR count). The Morgan fingerprint density at radius 2 is 1.74 bits per heavy atom. The van der Waals surface area contributed by atoms with Gasteiger partial charge in [-0.1, -0.05) is 51.1 Å². The Morgan fingerprint density at radius 1 is 1.00 bits per heavy atom. The number of carbonyl (C=O) groups excluding carboxylic acids is 1. The second kappa shape index (κ2) is 10.7. The van der Waals surface area contributed by atoms with E-state index in [1.807, 2.05) is 12.1 Å². The molecule has 2 aliphatic rings. The number of hydrogen-bond acceptors (Lipinski definition) is 4. The Morgan fingerprint density at radius 3 is 2.41 bits per heavy atom. The topological polar surface area (TPSA) is 42.0 Å². The van der Waals surface area contributed by atoms with Crippen LogP contribution in [-0.2, 0) is 11.2 Å². The summed E-state index contributed by atoms with van der Waals surface area (Å²) in [6.45, 7) is 8.76. The molecule has 0 bridgehead atoms. The summed E-state index contributed by atoms with van der Waals surface area (Å²) < 4.78 is 11.9. The Balaban J connectivity index is 1.54. The maximum Gasteiger partial charge on any atom is 0.223 e. The first kappa shape index (κ1) is 24.4. The maximum absolute atomic E-state index is 13.3. The first-order valence-electron chi connectivity index (χ1n) is 12.8. The van der Waals surface area contributed by atoms with Crippen LogP contribution in [0.15, 0.2) is 48.5 Å². The van der Waals surface area contributed by atoms with Gasteiger partial charge in [0.05, 0.1) is 19.3 Å². The van der Waals surface area contributed by atoms with E-state index in [1.165, 1.54) is 18.4 Å². The van der Waals surface area contributed by atoms with E-state index in [4.69, 9.17) is 9.47 Å². The van der Waals surface area contributed by atoms with Gasteiger partial charge >= 0.3 is 0 Å². The molecule has 1 saturated heterocycles. The van der Waals surface area contributed by atoms with Crippen LogP contribution in [0.2, 0.25) is 0 Å². The number of nitrogens with zero attached hydrogens (tertiary/aromatic N) is 2. The summed E-state index contributed by atoms with van der Waals surface area (Å²) in [5.74, 6) is 1.88. The molecule has 1 amide bonds. The van der Waals surface area contributed by atoms with Crippen molar-refractivity contribution in [3.05, 3.63) is 54.1 Å². The quantitative estimate of drug-likeness (QED) is 0.526. The van der Waals surface area contributed by atoms with Crippen molar-refractivity contribution < 1.29 is 14.3 Å². The van der Waals surface area contributed by atoms with Crippen molar-refractivity contribution in [1.29, 1.82) is 0 Å². The zero-order valence-corrected chi connectivity index (χ0v) is 21.3. The number of anilines is 1. The smallest absolute Gasteiger partial charge is 0.223 e. The number of piperazine rings is 1. The predicted molar refractivity (Wildman–Crippen MR) is 138 cm³/mol. The Hall–Kier alpha value is -2.69. The zero-order chi connectivity index (χ0) is 24.1. The average Bonchev–Trinajstić information content (AvgIpc) is 3.31. The number of carbonyl (C=O) groups is 1. The number of benzene rings is 2. The van der Waals surface area contributed by atoms with Gasteiger partial charge in [-0.05, 0) is 55.2 Å². The van der Waals surface area contributed by atoms with E-state index in [0.717, 1.165) is 56.1 Å². The van der Waals surface area contributed by atoms with Crippen LogP contribution >= 0.6 is 0 Å². The van der Waals surface area contributed by atoms with Gasteiger partial charge in [0, 0.05) is 37.8 Å². The van der Waals surface area contributed by atoms with E-state index in [0.29, 0.717) is 6.42 Å². The molecule has 1 heterocycles. The molecule has 0 spiro atoms. The zero-order valence-electron chi connectivity index (χ0n) is 21.3. The van der Waals surface area contributed by atoms with Crippen molar-refractivity contribution in [3.63, 3.8) is 0 Å². The molecule has 2 fully saturated rings. The van der Waals surface area contributed by atoms with Crippen LogP contribution in [0.3, 0.4) is 0 Å². The molecule has 1 saturated carbocycles. The second-order valence-corrected chi connectivity index (χ2v) is 11.0. The molecule has 34 heavy (non-hydrogen) atoms. The third kappa shape index (κ3) is 6.25. The van der Waals surface area contributed by atoms with E-state index in [2.05, 4.69) is 67.0 Å². The standard InChI is InChI=1S/C29H40N2O3/c1-29(2,3)20-28(32)31-17-16-30(21-24(31)18-22-10-6-5-7-11-22)23-14-15-26(33-4)27(19-23)34-25-12-8-9-13-25/h5-7,10-11,14-15,19,24-25H,8-9,12-13,16-18,20-21H2,1-4H3. The summed E-state index contributed by atoms with van der Waals surface area (Å²) in [6, 6.07) is 16.9. The molecular formula is C29H40N2O3. The van der Waals surface area contributed by atoms with Crippen LogP contribution in [0.1, 0.15) is 58.4 Å².